The van der Waals surface area contributed by atoms with Crippen molar-refractivity contribution in [2.75, 3.05) is 20.3 Å². The summed E-state index contributed by atoms with van der Waals surface area (Å²) in [4.78, 5) is 35.9. The van der Waals surface area contributed by atoms with Crippen molar-refractivity contribution in [3.8, 4) is 0 Å². The summed E-state index contributed by atoms with van der Waals surface area (Å²) in [6, 6.07) is -0.499. The number of ether oxygens (including phenoxy) is 1. The molecule has 7 nitrogen and oxygen atoms in total. The van der Waals surface area contributed by atoms with Crippen LogP contribution in [-0.2, 0) is 14.3 Å². The van der Waals surface area contributed by atoms with Crippen molar-refractivity contribution in [1.82, 2.24) is 10.2 Å². The Morgan fingerprint density at radius 1 is 1.15 bits per heavy atom. The summed E-state index contributed by atoms with van der Waals surface area (Å²) in [5, 5.41) is 11.0. The predicted octanol–water partition coefficient (Wildman–Crippen LogP) is 0.754. The van der Waals surface area contributed by atoms with Gasteiger partial charge in [0.2, 0.25) is 0 Å². The zero-order chi connectivity index (χ0) is 15.3. The number of carboxylic acid groups (broad SMARTS) is 1. The number of rotatable bonds is 3. The number of hydrogen-bond donors (Lipinski definition) is 2. The van der Waals surface area contributed by atoms with E-state index >= 15 is 0 Å². The van der Waals surface area contributed by atoms with Gasteiger partial charge in [-0.2, -0.15) is 0 Å². The SMILES string of the molecule is CC(C(=O)O)=C(C)C(=O)NC(=O)N(C)C1CCOCC1. The molecule has 3 amide bonds. The van der Waals surface area contributed by atoms with Crippen molar-refractivity contribution in [2.24, 2.45) is 0 Å². The van der Waals surface area contributed by atoms with E-state index in [1.54, 1.807) is 7.05 Å². The van der Waals surface area contributed by atoms with Crippen molar-refractivity contribution < 1.29 is 24.2 Å². The molecule has 1 fully saturated rings. The number of amides is 3. The van der Waals surface area contributed by atoms with Crippen LogP contribution in [0.5, 0.6) is 0 Å². The van der Waals surface area contributed by atoms with Gasteiger partial charge in [0, 0.05) is 37.4 Å². The van der Waals surface area contributed by atoms with Crippen LogP contribution >= 0.6 is 0 Å². The van der Waals surface area contributed by atoms with Gasteiger partial charge < -0.3 is 14.7 Å². The van der Waals surface area contributed by atoms with Crippen molar-refractivity contribution in [3.05, 3.63) is 11.1 Å². The number of urea groups is 1. The summed E-state index contributed by atoms with van der Waals surface area (Å²) in [6.45, 7) is 3.88. The fourth-order valence-corrected chi connectivity index (χ4v) is 1.85. The van der Waals surface area contributed by atoms with Gasteiger partial charge in [0.05, 0.1) is 0 Å². The van der Waals surface area contributed by atoms with Gasteiger partial charge in [-0.3, -0.25) is 10.1 Å². The lowest BCUT2D eigenvalue weighted by Gasteiger charge is -2.31. The molecular weight excluding hydrogens is 264 g/mol. The standard InChI is InChI=1S/C13H20N2O5/c1-8(9(2)12(17)18)11(16)14-13(19)15(3)10-4-6-20-7-5-10/h10H,4-7H2,1-3H3,(H,17,18)(H,14,16,19). The predicted molar refractivity (Wildman–Crippen MR) is 71.2 cm³/mol. The minimum absolute atomic E-state index is 0.0197. The normalized spacial score (nSPS) is 17.1. The number of carbonyl (C=O) groups excluding carboxylic acids is 2. The van der Waals surface area contributed by atoms with Gasteiger partial charge in [0.15, 0.2) is 0 Å². The molecule has 2 N–H and O–H groups in total. The maximum Gasteiger partial charge on any atom is 0.331 e. The van der Waals surface area contributed by atoms with Crippen LogP contribution in [0.2, 0.25) is 0 Å². The number of carboxylic acids is 1. The number of carbonyl (C=O) groups is 3. The first-order valence-electron chi connectivity index (χ1n) is 6.41. The van der Waals surface area contributed by atoms with E-state index in [1.807, 2.05) is 0 Å². The molecule has 0 radical (unpaired) electrons. The van der Waals surface area contributed by atoms with Crippen LogP contribution < -0.4 is 5.32 Å². The highest BCUT2D eigenvalue weighted by molar-refractivity contribution is 6.07. The topological polar surface area (TPSA) is 95.9 Å². The number of hydrogen-bond acceptors (Lipinski definition) is 4. The molecule has 1 aliphatic heterocycles. The highest BCUT2D eigenvalue weighted by Gasteiger charge is 2.24. The molecule has 1 aliphatic rings. The summed E-state index contributed by atoms with van der Waals surface area (Å²) < 4.78 is 5.21. The molecule has 0 aliphatic carbocycles. The van der Waals surface area contributed by atoms with Gasteiger partial charge in [0.25, 0.3) is 5.91 Å². The third-order valence-corrected chi connectivity index (χ3v) is 3.50. The van der Waals surface area contributed by atoms with Gasteiger partial charge in [-0.05, 0) is 26.7 Å². The van der Waals surface area contributed by atoms with Crippen molar-refractivity contribution >= 4 is 17.9 Å². The molecule has 0 saturated carbocycles. The smallest absolute Gasteiger partial charge is 0.331 e. The van der Waals surface area contributed by atoms with E-state index < -0.39 is 17.9 Å². The van der Waals surface area contributed by atoms with Crippen molar-refractivity contribution in [3.63, 3.8) is 0 Å². The first-order chi connectivity index (χ1) is 9.34. The quantitative estimate of drug-likeness (QED) is 0.746. The Hall–Kier alpha value is -1.89. The van der Waals surface area contributed by atoms with Crippen LogP contribution in [0, 0.1) is 0 Å². The summed E-state index contributed by atoms with van der Waals surface area (Å²) in [5.41, 5.74) is -0.0600. The third kappa shape index (κ3) is 4.06. The highest BCUT2D eigenvalue weighted by atomic mass is 16.5. The summed E-state index contributed by atoms with van der Waals surface area (Å²) >= 11 is 0. The van der Waals surface area contributed by atoms with E-state index in [0.29, 0.717) is 13.2 Å². The molecule has 112 valence electrons. The second kappa shape index (κ2) is 7.04. The molecule has 1 rings (SSSR count). The van der Waals surface area contributed by atoms with Gasteiger partial charge in [0.1, 0.15) is 0 Å². The van der Waals surface area contributed by atoms with Crippen LogP contribution in [0.1, 0.15) is 26.7 Å². The van der Waals surface area contributed by atoms with Crippen LogP contribution in [0.15, 0.2) is 11.1 Å². The largest absolute Gasteiger partial charge is 0.478 e. The zero-order valence-corrected chi connectivity index (χ0v) is 11.9. The monoisotopic (exact) mass is 284 g/mol. The van der Waals surface area contributed by atoms with E-state index in [4.69, 9.17) is 9.84 Å². The zero-order valence-electron chi connectivity index (χ0n) is 11.9. The Balaban J connectivity index is 2.63. The van der Waals surface area contributed by atoms with Crippen LogP contribution in [0.3, 0.4) is 0 Å². The summed E-state index contributed by atoms with van der Waals surface area (Å²) in [7, 11) is 1.61. The number of aliphatic carboxylic acids is 1. The molecule has 0 aromatic carbocycles. The molecule has 7 heteroatoms. The van der Waals surface area contributed by atoms with E-state index in [1.165, 1.54) is 18.7 Å². The number of nitrogens with zero attached hydrogens (tertiary/aromatic N) is 1. The Bertz CT molecular complexity index is 438. The first-order valence-corrected chi connectivity index (χ1v) is 6.41. The van der Waals surface area contributed by atoms with Crippen LogP contribution in [0.25, 0.3) is 0 Å². The second-order valence-corrected chi connectivity index (χ2v) is 4.77. The lowest BCUT2D eigenvalue weighted by atomic mass is 10.1. The molecule has 20 heavy (non-hydrogen) atoms. The first kappa shape index (κ1) is 16.2. The maximum atomic E-state index is 11.9. The van der Waals surface area contributed by atoms with E-state index in [-0.39, 0.29) is 17.2 Å². The lowest BCUT2D eigenvalue weighted by Crippen LogP contribution is -2.47. The molecule has 0 aromatic heterocycles. The fraction of sp³-hybridized carbons (Fsp3) is 0.615. The maximum absolute atomic E-state index is 11.9. The average molecular weight is 284 g/mol. The molecule has 0 bridgehead atoms. The van der Waals surface area contributed by atoms with Crippen LogP contribution in [0.4, 0.5) is 4.79 Å². The van der Waals surface area contributed by atoms with Crippen LogP contribution in [-0.4, -0.2) is 54.2 Å². The third-order valence-electron chi connectivity index (χ3n) is 3.50. The minimum atomic E-state index is -1.18. The number of nitrogens with one attached hydrogen (secondary N) is 1. The minimum Gasteiger partial charge on any atom is -0.478 e. The molecular formula is C13H20N2O5. The van der Waals surface area contributed by atoms with E-state index in [2.05, 4.69) is 5.32 Å². The molecule has 1 heterocycles. The molecule has 0 unspecified atom stereocenters. The van der Waals surface area contributed by atoms with Crippen molar-refractivity contribution in [1.29, 1.82) is 0 Å². The van der Waals surface area contributed by atoms with Gasteiger partial charge in [-0.15, -0.1) is 0 Å². The van der Waals surface area contributed by atoms with Gasteiger partial charge in [-0.1, -0.05) is 0 Å². The average Bonchev–Trinajstić information content (AvgIpc) is 2.45. The highest BCUT2D eigenvalue weighted by Crippen LogP contribution is 2.13. The Morgan fingerprint density at radius 2 is 1.70 bits per heavy atom. The fourth-order valence-electron chi connectivity index (χ4n) is 1.85. The van der Waals surface area contributed by atoms with Gasteiger partial charge in [-0.25, -0.2) is 9.59 Å². The van der Waals surface area contributed by atoms with E-state index in [0.717, 1.165) is 12.8 Å². The second-order valence-electron chi connectivity index (χ2n) is 4.77. The number of imide groups is 1. The van der Waals surface area contributed by atoms with Gasteiger partial charge >= 0.3 is 12.0 Å². The summed E-state index contributed by atoms with van der Waals surface area (Å²) in [6.07, 6.45) is 1.45. The Kier molecular flexibility index (Phi) is 5.69. The molecule has 1 saturated heterocycles. The summed E-state index contributed by atoms with van der Waals surface area (Å²) in [5.74, 6) is -1.86. The Labute approximate surface area is 117 Å². The lowest BCUT2D eigenvalue weighted by molar-refractivity contribution is -0.133. The molecule has 0 aromatic rings. The molecule has 0 atom stereocenters. The van der Waals surface area contributed by atoms with E-state index in [9.17, 15) is 14.4 Å². The molecule has 0 spiro atoms. The Morgan fingerprint density at radius 3 is 2.20 bits per heavy atom. The van der Waals surface area contributed by atoms with Crippen molar-refractivity contribution in [2.45, 2.75) is 32.7 Å².